The minimum Gasteiger partial charge on any atom is -0.394 e. The lowest BCUT2D eigenvalue weighted by atomic mass is 9.95. The third-order valence-corrected chi connectivity index (χ3v) is 1.81. The maximum absolute atomic E-state index is 8.93. The molecule has 0 unspecified atom stereocenters. The Balaban J connectivity index is 2.64. The molecule has 1 atom stereocenters. The Labute approximate surface area is 73.0 Å². The van der Waals surface area contributed by atoms with E-state index < -0.39 is 5.54 Å². The molecule has 66 valence electrons. The molecule has 1 aromatic rings. The maximum Gasteiger partial charge on any atom is 0.0611 e. The molecule has 0 aromatic heterocycles. The molecule has 2 nitrogen and oxygen atoms in total. The lowest BCUT2D eigenvalue weighted by molar-refractivity contribution is 0.208. The molecule has 0 spiro atoms. The summed E-state index contributed by atoms with van der Waals surface area (Å²) >= 11 is 0. The van der Waals surface area contributed by atoms with Crippen molar-refractivity contribution < 1.29 is 5.11 Å². The monoisotopic (exact) mass is 165 g/mol. The van der Waals surface area contributed by atoms with Crippen LogP contribution in [-0.2, 0) is 6.42 Å². The zero-order valence-electron chi connectivity index (χ0n) is 7.33. The van der Waals surface area contributed by atoms with Gasteiger partial charge in [0.05, 0.1) is 6.61 Å². The molecule has 1 aromatic carbocycles. The third kappa shape index (κ3) is 2.64. The largest absolute Gasteiger partial charge is 0.394 e. The molecule has 1 rings (SSSR count). The van der Waals surface area contributed by atoms with Gasteiger partial charge in [-0.3, -0.25) is 0 Å². The van der Waals surface area contributed by atoms with E-state index in [1.165, 1.54) is 0 Å². The van der Waals surface area contributed by atoms with E-state index in [0.717, 1.165) is 5.56 Å². The van der Waals surface area contributed by atoms with Crippen molar-refractivity contribution in [2.24, 2.45) is 5.73 Å². The van der Waals surface area contributed by atoms with Gasteiger partial charge in [-0.15, -0.1) is 0 Å². The summed E-state index contributed by atoms with van der Waals surface area (Å²) < 4.78 is 0. The van der Waals surface area contributed by atoms with Gasteiger partial charge in [-0.2, -0.15) is 0 Å². The van der Waals surface area contributed by atoms with Crippen LogP contribution in [0.15, 0.2) is 30.3 Å². The zero-order valence-corrected chi connectivity index (χ0v) is 7.33. The number of aliphatic hydroxyl groups is 1. The average Bonchev–Trinajstić information content (AvgIpc) is 2.06. The Morgan fingerprint density at radius 3 is 2.42 bits per heavy atom. The molecule has 0 fully saturated rings. The fourth-order valence-corrected chi connectivity index (χ4v) is 1.12. The van der Waals surface area contributed by atoms with Crippen molar-refractivity contribution in [2.45, 2.75) is 18.9 Å². The number of rotatable bonds is 3. The first-order valence-corrected chi connectivity index (χ1v) is 4.08. The van der Waals surface area contributed by atoms with Crippen molar-refractivity contribution in [3.05, 3.63) is 35.9 Å². The Morgan fingerprint density at radius 2 is 1.92 bits per heavy atom. The van der Waals surface area contributed by atoms with Crippen LogP contribution in [0.2, 0.25) is 0 Å². The van der Waals surface area contributed by atoms with Crippen LogP contribution in [-0.4, -0.2) is 17.3 Å². The summed E-state index contributed by atoms with van der Waals surface area (Å²) in [7, 11) is 0. The second-order valence-electron chi connectivity index (χ2n) is 3.47. The van der Waals surface area contributed by atoms with Gasteiger partial charge >= 0.3 is 0 Å². The first kappa shape index (κ1) is 9.23. The van der Waals surface area contributed by atoms with Crippen LogP contribution in [0.4, 0.5) is 0 Å². The summed E-state index contributed by atoms with van der Waals surface area (Å²) in [5.41, 5.74) is 6.46. The predicted molar refractivity (Wildman–Crippen MR) is 49.8 cm³/mol. The van der Waals surface area contributed by atoms with Gasteiger partial charge in [0, 0.05) is 5.54 Å². The predicted octanol–water partition coefficient (Wildman–Crippen LogP) is 0.939. The summed E-state index contributed by atoms with van der Waals surface area (Å²) in [6, 6.07) is 9.95. The summed E-state index contributed by atoms with van der Waals surface area (Å²) in [5, 5.41) is 8.93. The molecule has 0 heterocycles. The van der Waals surface area contributed by atoms with Gasteiger partial charge in [-0.1, -0.05) is 30.3 Å². The molecule has 0 bridgehead atoms. The van der Waals surface area contributed by atoms with Crippen LogP contribution in [0.1, 0.15) is 12.5 Å². The summed E-state index contributed by atoms with van der Waals surface area (Å²) in [6.45, 7) is 1.86. The highest BCUT2D eigenvalue weighted by Gasteiger charge is 2.16. The van der Waals surface area contributed by atoms with E-state index in [0.29, 0.717) is 6.42 Å². The molecule has 12 heavy (non-hydrogen) atoms. The third-order valence-electron chi connectivity index (χ3n) is 1.81. The van der Waals surface area contributed by atoms with Crippen LogP contribution < -0.4 is 5.73 Å². The zero-order chi connectivity index (χ0) is 9.03. The molecule has 3 N–H and O–H groups in total. The van der Waals surface area contributed by atoms with Crippen molar-refractivity contribution >= 4 is 0 Å². The lowest BCUT2D eigenvalue weighted by Gasteiger charge is -2.21. The molecule has 0 saturated heterocycles. The van der Waals surface area contributed by atoms with Crippen molar-refractivity contribution in [1.29, 1.82) is 0 Å². The first-order chi connectivity index (χ1) is 5.64. The Kier molecular flexibility index (Phi) is 2.84. The smallest absolute Gasteiger partial charge is 0.0611 e. The van der Waals surface area contributed by atoms with Crippen molar-refractivity contribution in [3.63, 3.8) is 0 Å². The molecule has 0 saturated carbocycles. The highest BCUT2D eigenvalue weighted by molar-refractivity contribution is 5.17. The summed E-state index contributed by atoms with van der Waals surface area (Å²) in [4.78, 5) is 0. The van der Waals surface area contributed by atoms with E-state index >= 15 is 0 Å². The van der Waals surface area contributed by atoms with Crippen LogP contribution in [0.5, 0.6) is 0 Å². The van der Waals surface area contributed by atoms with Gasteiger partial charge in [-0.25, -0.2) is 0 Å². The minimum atomic E-state index is -0.499. The summed E-state index contributed by atoms with van der Waals surface area (Å²) in [5.74, 6) is 0. The fraction of sp³-hybridized carbons (Fsp3) is 0.400. The standard InChI is InChI=1S/C10H15NO/c1-10(11,8-12)7-9-5-3-2-4-6-9/h2-6,12H,7-8,11H2,1H3/t10-/m0/s1. The van der Waals surface area contributed by atoms with E-state index in [4.69, 9.17) is 10.8 Å². The van der Waals surface area contributed by atoms with Crippen molar-refractivity contribution in [3.8, 4) is 0 Å². The summed E-state index contributed by atoms with van der Waals surface area (Å²) in [6.07, 6.45) is 0.713. The van der Waals surface area contributed by atoms with Gasteiger partial charge in [0.25, 0.3) is 0 Å². The number of aliphatic hydroxyl groups excluding tert-OH is 1. The van der Waals surface area contributed by atoms with Crippen LogP contribution >= 0.6 is 0 Å². The van der Waals surface area contributed by atoms with Gasteiger partial charge in [0.1, 0.15) is 0 Å². The fourth-order valence-electron chi connectivity index (χ4n) is 1.12. The molecular formula is C10H15NO. The van der Waals surface area contributed by atoms with E-state index in [9.17, 15) is 0 Å². The second kappa shape index (κ2) is 3.70. The first-order valence-electron chi connectivity index (χ1n) is 4.08. The number of hydrogen-bond donors (Lipinski definition) is 2. The van der Waals surface area contributed by atoms with Crippen molar-refractivity contribution in [2.75, 3.05) is 6.61 Å². The van der Waals surface area contributed by atoms with E-state index in [2.05, 4.69) is 0 Å². The van der Waals surface area contributed by atoms with Gasteiger partial charge < -0.3 is 10.8 Å². The van der Waals surface area contributed by atoms with Crippen LogP contribution in [0, 0.1) is 0 Å². The molecule has 0 aliphatic carbocycles. The van der Waals surface area contributed by atoms with E-state index in [1.807, 2.05) is 37.3 Å². The van der Waals surface area contributed by atoms with Gasteiger partial charge in [0.2, 0.25) is 0 Å². The maximum atomic E-state index is 8.93. The van der Waals surface area contributed by atoms with Gasteiger partial charge in [-0.05, 0) is 18.9 Å². The molecule has 0 amide bonds. The van der Waals surface area contributed by atoms with E-state index in [-0.39, 0.29) is 6.61 Å². The quantitative estimate of drug-likeness (QED) is 0.700. The molecule has 0 radical (unpaired) electrons. The Hall–Kier alpha value is -0.860. The normalized spacial score (nSPS) is 15.6. The van der Waals surface area contributed by atoms with Crippen LogP contribution in [0.25, 0.3) is 0 Å². The second-order valence-corrected chi connectivity index (χ2v) is 3.47. The highest BCUT2D eigenvalue weighted by atomic mass is 16.3. The minimum absolute atomic E-state index is 0.0158. The SMILES string of the molecule is C[C@@](N)(CO)Cc1ccccc1. The molecule has 0 aliphatic rings. The molecular weight excluding hydrogens is 150 g/mol. The Morgan fingerprint density at radius 1 is 1.33 bits per heavy atom. The number of hydrogen-bond acceptors (Lipinski definition) is 2. The highest BCUT2D eigenvalue weighted by Crippen LogP contribution is 2.09. The topological polar surface area (TPSA) is 46.2 Å². The molecule has 0 aliphatic heterocycles. The van der Waals surface area contributed by atoms with E-state index in [1.54, 1.807) is 0 Å². The number of benzene rings is 1. The average molecular weight is 165 g/mol. The number of nitrogens with two attached hydrogens (primary N) is 1. The molecule has 2 heteroatoms. The van der Waals surface area contributed by atoms with Crippen molar-refractivity contribution in [1.82, 2.24) is 0 Å². The lowest BCUT2D eigenvalue weighted by Crippen LogP contribution is -2.42. The Bertz CT molecular complexity index is 231. The van der Waals surface area contributed by atoms with Crippen LogP contribution in [0.3, 0.4) is 0 Å². The van der Waals surface area contributed by atoms with Gasteiger partial charge in [0.15, 0.2) is 0 Å².